The van der Waals surface area contributed by atoms with Gasteiger partial charge in [0.1, 0.15) is 0 Å². The predicted molar refractivity (Wildman–Crippen MR) is 137 cm³/mol. The Morgan fingerprint density at radius 2 is 0.941 bits per heavy atom. The normalized spacial score (nSPS) is 12.4. The van der Waals surface area contributed by atoms with Crippen LogP contribution in [0, 0.1) is 11.6 Å². The van der Waals surface area contributed by atoms with Crippen molar-refractivity contribution in [1.82, 2.24) is 0 Å². The van der Waals surface area contributed by atoms with Gasteiger partial charge in [-0.1, -0.05) is 90.2 Å². The zero-order valence-corrected chi connectivity index (χ0v) is 21.2. The first kappa shape index (κ1) is 26.5. The summed E-state index contributed by atoms with van der Waals surface area (Å²) in [7, 11) is 0. The van der Waals surface area contributed by atoms with Crippen molar-refractivity contribution in [2.45, 2.75) is 104 Å². The first-order valence-corrected chi connectivity index (χ1v) is 13.6. The zero-order valence-electron chi connectivity index (χ0n) is 21.2. The first-order valence-electron chi connectivity index (χ1n) is 13.6. The number of ether oxygens (including phenoxy) is 2. The van der Waals surface area contributed by atoms with Gasteiger partial charge >= 0.3 is 0 Å². The number of benzene rings is 2. The Balaban J connectivity index is 1.57. The number of unbranched alkanes of at least 4 members (excludes halogenated alkanes) is 10. The Hall–Kier alpha value is -2.10. The molecule has 4 heteroatoms. The van der Waals surface area contributed by atoms with Gasteiger partial charge in [0.05, 0.1) is 13.2 Å². The number of fused-ring (bicyclic) bond motifs is 3. The molecule has 0 amide bonds. The summed E-state index contributed by atoms with van der Waals surface area (Å²) in [5, 5.41) is 0. The quantitative estimate of drug-likeness (QED) is 0.227. The molecule has 2 aromatic rings. The fourth-order valence-corrected chi connectivity index (χ4v) is 4.79. The van der Waals surface area contributed by atoms with Crippen LogP contribution in [-0.2, 0) is 12.8 Å². The molecular formula is C30H42F2O2. The van der Waals surface area contributed by atoms with Gasteiger partial charge in [0.2, 0.25) is 0 Å². The second-order valence-corrected chi connectivity index (χ2v) is 9.54. The molecule has 0 heterocycles. The van der Waals surface area contributed by atoms with Gasteiger partial charge in [0, 0.05) is 0 Å². The van der Waals surface area contributed by atoms with Gasteiger partial charge in [-0.15, -0.1) is 0 Å². The second-order valence-electron chi connectivity index (χ2n) is 9.54. The number of hydrogen-bond acceptors (Lipinski definition) is 2. The van der Waals surface area contributed by atoms with Gasteiger partial charge in [-0.05, 0) is 60.1 Å². The van der Waals surface area contributed by atoms with Crippen molar-refractivity contribution in [3.63, 3.8) is 0 Å². The lowest BCUT2D eigenvalue weighted by atomic mass is 9.84. The molecule has 0 atom stereocenters. The van der Waals surface area contributed by atoms with E-state index in [4.69, 9.17) is 9.47 Å². The van der Waals surface area contributed by atoms with Crippen LogP contribution in [0.1, 0.15) is 102 Å². The van der Waals surface area contributed by atoms with E-state index in [-0.39, 0.29) is 11.6 Å². The van der Waals surface area contributed by atoms with E-state index in [9.17, 15) is 0 Å². The number of halogens is 2. The van der Waals surface area contributed by atoms with E-state index in [1.54, 1.807) is 12.1 Å². The summed E-state index contributed by atoms with van der Waals surface area (Å²) in [6.45, 7) is 5.48. The average Bonchev–Trinajstić information content (AvgIpc) is 2.85. The maximum atomic E-state index is 15.2. The van der Waals surface area contributed by atoms with Crippen LogP contribution in [0.3, 0.4) is 0 Å². The van der Waals surface area contributed by atoms with Crippen molar-refractivity contribution < 1.29 is 18.3 Å². The van der Waals surface area contributed by atoms with Crippen LogP contribution in [0.2, 0.25) is 0 Å². The minimum absolute atomic E-state index is 0.294. The van der Waals surface area contributed by atoms with Crippen molar-refractivity contribution in [3.8, 4) is 22.6 Å². The molecule has 0 N–H and O–H groups in total. The van der Waals surface area contributed by atoms with Gasteiger partial charge in [0.15, 0.2) is 23.1 Å². The third-order valence-corrected chi connectivity index (χ3v) is 6.84. The molecule has 188 valence electrons. The molecular weight excluding hydrogens is 430 g/mol. The maximum absolute atomic E-state index is 15.2. The van der Waals surface area contributed by atoms with Gasteiger partial charge in [-0.2, -0.15) is 0 Å². The predicted octanol–water partition coefficient (Wildman–Crippen LogP) is 9.21. The molecule has 2 aromatic carbocycles. The molecule has 2 nitrogen and oxygen atoms in total. The van der Waals surface area contributed by atoms with Crippen LogP contribution in [0.25, 0.3) is 11.1 Å². The topological polar surface area (TPSA) is 18.5 Å². The number of rotatable bonds is 16. The summed E-state index contributed by atoms with van der Waals surface area (Å²) in [4.78, 5) is 0. The van der Waals surface area contributed by atoms with Crippen LogP contribution in [0.4, 0.5) is 8.78 Å². The highest BCUT2D eigenvalue weighted by Crippen LogP contribution is 2.40. The Labute approximate surface area is 205 Å². The van der Waals surface area contributed by atoms with Crippen molar-refractivity contribution >= 4 is 0 Å². The van der Waals surface area contributed by atoms with Crippen molar-refractivity contribution in [3.05, 3.63) is 47.0 Å². The van der Waals surface area contributed by atoms with E-state index < -0.39 is 0 Å². The van der Waals surface area contributed by atoms with Crippen LogP contribution in [0.5, 0.6) is 11.5 Å². The lowest BCUT2D eigenvalue weighted by molar-refractivity contribution is 0.288. The SMILES string of the molecule is CCCCCCCCOc1ccc2c(c1F)CCc1c-2ccc(OCCCCCCCC)c1F. The zero-order chi connectivity index (χ0) is 24.2. The monoisotopic (exact) mass is 472 g/mol. The number of hydrogen-bond donors (Lipinski definition) is 0. The van der Waals surface area contributed by atoms with Gasteiger partial charge in [-0.25, -0.2) is 8.78 Å². The lowest BCUT2D eigenvalue weighted by Gasteiger charge is -2.23. The van der Waals surface area contributed by atoms with Gasteiger partial charge in [-0.3, -0.25) is 0 Å². The molecule has 0 fully saturated rings. The highest BCUT2D eigenvalue weighted by atomic mass is 19.1. The Morgan fingerprint density at radius 1 is 0.559 bits per heavy atom. The van der Waals surface area contributed by atoms with Crippen molar-refractivity contribution in [2.75, 3.05) is 13.2 Å². The van der Waals surface area contributed by atoms with Crippen LogP contribution in [0.15, 0.2) is 24.3 Å². The minimum atomic E-state index is -0.294. The summed E-state index contributed by atoms with van der Waals surface area (Å²) >= 11 is 0. The molecule has 0 aromatic heterocycles. The maximum Gasteiger partial charge on any atom is 0.168 e. The standard InChI is InChI=1S/C30H42F2O2/c1-3-5-7-9-11-13-21-33-27-19-17-23-24-18-20-28(34-22-14-12-10-8-6-4-2)30(32)26(24)16-15-25(23)29(27)31/h17-20H,3-16,21-22H2,1-2H3. The molecule has 1 aliphatic carbocycles. The summed E-state index contributed by atoms with van der Waals surface area (Å²) in [6.07, 6.45) is 15.0. The van der Waals surface area contributed by atoms with Crippen LogP contribution in [-0.4, -0.2) is 13.2 Å². The molecule has 0 aliphatic heterocycles. The molecule has 0 saturated heterocycles. The molecule has 0 saturated carbocycles. The van der Waals surface area contributed by atoms with E-state index >= 15 is 8.78 Å². The van der Waals surface area contributed by atoms with E-state index in [1.807, 2.05) is 12.1 Å². The summed E-state index contributed by atoms with van der Waals surface area (Å²) in [5.41, 5.74) is 2.81. The summed E-state index contributed by atoms with van der Waals surface area (Å²) in [6, 6.07) is 7.15. The molecule has 0 unspecified atom stereocenters. The van der Waals surface area contributed by atoms with E-state index in [2.05, 4.69) is 13.8 Å². The van der Waals surface area contributed by atoms with Crippen molar-refractivity contribution in [1.29, 1.82) is 0 Å². The molecule has 0 radical (unpaired) electrons. The fourth-order valence-electron chi connectivity index (χ4n) is 4.79. The molecule has 0 spiro atoms. The summed E-state index contributed by atoms with van der Waals surface area (Å²) in [5.74, 6) is 0.0427. The van der Waals surface area contributed by atoms with E-state index in [0.717, 1.165) is 36.8 Å². The highest BCUT2D eigenvalue weighted by Gasteiger charge is 2.25. The Morgan fingerprint density at radius 3 is 1.35 bits per heavy atom. The minimum Gasteiger partial charge on any atom is -0.491 e. The molecule has 0 bridgehead atoms. The summed E-state index contributed by atoms with van der Waals surface area (Å²) < 4.78 is 41.9. The Kier molecular flexibility index (Phi) is 11.2. The largest absolute Gasteiger partial charge is 0.491 e. The van der Waals surface area contributed by atoms with E-state index in [1.165, 1.54) is 51.4 Å². The fraction of sp³-hybridized carbons (Fsp3) is 0.600. The third-order valence-electron chi connectivity index (χ3n) is 6.84. The second kappa shape index (κ2) is 14.3. The van der Waals surface area contributed by atoms with E-state index in [0.29, 0.717) is 48.7 Å². The van der Waals surface area contributed by atoms with Gasteiger partial charge in [0.25, 0.3) is 0 Å². The average molecular weight is 473 g/mol. The smallest absolute Gasteiger partial charge is 0.168 e. The molecule has 1 aliphatic rings. The molecule has 3 rings (SSSR count). The first-order chi connectivity index (χ1) is 16.7. The van der Waals surface area contributed by atoms with Gasteiger partial charge < -0.3 is 9.47 Å². The highest BCUT2D eigenvalue weighted by molar-refractivity contribution is 5.75. The van der Waals surface area contributed by atoms with Crippen molar-refractivity contribution in [2.24, 2.45) is 0 Å². The lowest BCUT2D eigenvalue weighted by Crippen LogP contribution is -2.11. The van der Waals surface area contributed by atoms with Crippen LogP contribution < -0.4 is 9.47 Å². The molecule has 34 heavy (non-hydrogen) atoms. The van der Waals surface area contributed by atoms with Crippen LogP contribution >= 0.6 is 0 Å². The third kappa shape index (κ3) is 7.20. The Bertz CT molecular complexity index is 820.